The fourth-order valence-corrected chi connectivity index (χ4v) is 3.86. The molecule has 7 heteroatoms. The number of carbonyl (C=O) groups is 2. The smallest absolute Gasteiger partial charge is 0.252 e. The van der Waals surface area contributed by atoms with Crippen molar-refractivity contribution in [2.45, 2.75) is 26.4 Å². The second-order valence-electron chi connectivity index (χ2n) is 7.61. The van der Waals surface area contributed by atoms with E-state index in [0.717, 1.165) is 16.6 Å². The molecule has 1 aromatic heterocycles. The fourth-order valence-electron chi connectivity index (χ4n) is 3.67. The third-order valence-electron chi connectivity index (χ3n) is 5.22. The lowest BCUT2D eigenvalue weighted by Crippen LogP contribution is -2.30. The Labute approximate surface area is 191 Å². The maximum Gasteiger partial charge on any atom is 0.252 e. The third-order valence-corrected chi connectivity index (χ3v) is 5.45. The quantitative estimate of drug-likeness (QED) is 0.431. The summed E-state index contributed by atoms with van der Waals surface area (Å²) in [4.78, 5) is 30.3. The molecule has 32 heavy (non-hydrogen) atoms. The van der Waals surface area contributed by atoms with Crippen molar-refractivity contribution in [1.29, 1.82) is 0 Å². The first-order chi connectivity index (χ1) is 15.4. The minimum atomic E-state index is -0.409. The van der Waals surface area contributed by atoms with Crippen molar-refractivity contribution in [1.82, 2.24) is 14.9 Å². The van der Waals surface area contributed by atoms with E-state index in [1.54, 1.807) is 30.3 Å². The van der Waals surface area contributed by atoms with Gasteiger partial charge < -0.3 is 15.2 Å². The second-order valence-corrected chi connectivity index (χ2v) is 8.05. The summed E-state index contributed by atoms with van der Waals surface area (Å²) in [5, 5.41) is 6.43. The van der Waals surface area contributed by atoms with E-state index in [0.29, 0.717) is 22.1 Å². The monoisotopic (exact) mass is 446 g/mol. The van der Waals surface area contributed by atoms with E-state index in [9.17, 15) is 9.59 Å². The normalized spacial score (nSPS) is 11.8. The highest BCUT2D eigenvalue weighted by Crippen LogP contribution is 2.22. The maximum absolute atomic E-state index is 12.8. The van der Waals surface area contributed by atoms with E-state index in [1.165, 1.54) is 0 Å². The van der Waals surface area contributed by atoms with Gasteiger partial charge in [-0.15, -0.1) is 0 Å². The second kappa shape index (κ2) is 9.24. The molecule has 2 amide bonds. The van der Waals surface area contributed by atoms with Gasteiger partial charge in [-0.25, -0.2) is 4.98 Å². The van der Waals surface area contributed by atoms with Crippen molar-refractivity contribution >= 4 is 40.1 Å². The first kappa shape index (κ1) is 21.6. The van der Waals surface area contributed by atoms with Crippen LogP contribution in [0.25, 0.3) is 11.0 Å². The average molecular weight is 447 g/mol. The molecular weight excluding hydrogens is 424 g/mol. The first-order valence-corrected chi connectivity index (χ1v) is 10.7. The van der Waals surface area contributed by atoms with E-state index >= 15 is 0 Å². The molecule has 4 aromatic rings. The number of fused-ring (bicyclic) bond motifs is 1. The lowest BCUT2D eigenvalue weighted by Gasteiger charge is -2.17. The molecule has 1 atom stereocenters. The number of benzene rings is 3. The molecule has 4 rings (SSSR count). The zero-order chi connectivity index (χ0) is 22.7. The summed E-state index contributed by atoms with van der Waals surface area (Å²) in [7, 11) is 0. The molecule has 1 unspecified atom stereocenters. The Morgan fingerprint density at radius 3 is 2.56 bits per heavy atom. The molecule has 162 valence electrons. The molecule has 1 heterocycles. The molecule has 0 bridgehead atoms. The van der Waals surface area contributed by atoms with Gasteiger partial charge in [0, 0.05) is 16.3 Å². The number of carbonyl (C=O) groups excluding carboxylic acids is 2. The highest BCUT2D eigenvalue weighted by atomic mass is 35.5. The average Bonchev–Trinajstić information content (AvgIpc) is 3.12. The lowest BCUT2D eigenvalue weighted by molar-refractivity contribution is -0.116. The van der Waals surface area contributed by atoms with E-state index in [4.69, 9.17) is 16.6 Å². The van der Waals surface area contributed by atoms with Crippen LogP contribution < -0.4 is 10.6 Å². The minimum absolute atomic E-state index is 0.0485. The molecule has 0 fully saturated rings. The molecule has 3 aromatic carbocycles. The number of hydrogen-bond acceptors (Lipinski definition) is 3. The summed E-state index contributed by atoms with van der Waals surface area (Å²) in [6, 6.07) is 21.6. The third kappa shape index (κ3) is 4.65. The maximum atomic E-state index is 12.8. The van der Waals surface area contributed by atoms with E-state index < -0.39 is 6.04 Å². The number of hydrogen-bond donors (Lipinski definition) is 2. The van der Waals surface area contributed by atoms with Crippen molar-refractivity contribution in [3.63, 3.8) is 0 Å². The van der Waals surface area contributed by atoms with Crippen LogP contribution in [0.3, 0.4) is 0 Å². The van der Waals surface area contributed by atoms with Gasteiger partial charge >= 0.3 is 0 Å². The van der Waals surface area contributed by atoms with Gasteiger partial charge in [-0.2, -0.15) is 0 Å². The van der Waals surface area contributed by atoms with Gasteiger partial charge in [0.25, 0.3) is 5.91 Å². The van der Waals surface area contributed by atoms with Crippen LogP contribution in [0, 0.1) is 6.92 Å². The number of amides is 2. The lowest BCUT2D eigenvalue weighted by atomic mass is 10.1. The zero-order valence-electron chi connectivity index (χ0n) is 17.8. The molecule has 2 N–H and O–H groups in total. The SMILES string of the molecule is Cc1ccccc1C(=O)NC(C)c1nc2ccccc2n1CC(=O)Nc1cccc(Cl)c1. The summed E-state index contributed by atoms with van der Waals surface area (Å²) in [5.41, 5.74) is 3.71. The molecular formula is C25H23ClN4O2. The number of imidazole rings is 1. The van der Waals surface area contributed by atoms with E-state index in [1.807, 2.05) is 60.9 Å². The Morgan fingerprint density at radius 1 is 1.03 bits per heavy atom. The minimum Gasteiger partial charge on any atom is -0.342 e. The Morgan fingerprint density at radius 2 is 1.78 bits per heavy atom. The summed E-state index contributed by atoms with van der Waals surface area (Å²) in [6.07, 6.45) is 0. The van der Waals surface area contributed by atoms with Gasteiger partial charge in [0.1, 0.15) is 12.4 Å². The van der Waals surface area contributed by atoms with Crippen LogP contribution >= 0.6 is 11.6 Å². The Balaban J connectivity index is 1.60. The Hall–Kier alpha value is -3.64. The van der Waals surface area contributed by atoms with Gasteiger partial charge in [0.2, 0.25) is 5.91 Å². The van der Waals surface area contributed by atoms with Crippen LogP contribution in [0.4, 0.5) is 5.69 Å². The number of para-hydroxylation sites is 2. The highest BCUT2D eigenvalue weighted by molar-refractivity contribution is 6.30. The molecule has 0 spiro atoms. The first-order valence-electron chi connectivity index (χ1n) is 10.3. The van der Waals surface area contributed by atoms with Crippen LogP contribution in [-0.4, -0.2) is 21.4 Å². The van der Waals surface area contributed by atoms with Gasteiger partial charge in [0.05, 0.1) is 17.1 Å². The fraction of sp³-hybridized carbons (Fsp3) is 0.160. The summed E-state index contributed by atoms with van der Waals surface area (Å²) in [6.45, 7) is 3.81. The predicted molar refractivity (Wildman–Crippen MR) is 127 cm³/mol. The Bertz CT molecular complexity index is 1300. The van der Waals surface area contributed by atoms with Crippen molar-refractivity contribution in [2.75, 3.05) is 5.32 Å². The number of aryl methyl sites for hydroxylation is 1. The number of nitrogens with one attached hydrogen (secondary N) is 2. The number of aromatic nitrogens is 2. The summed E-state index contributed by atoms with van der Waals surface area (Å²) < 4.78 is 1.83. The number of halogens is 1. The number of anilines is 1. The molecule has 0 radical (unpaired) electrons. The standard InChI is InChI=1S/C25H23ClN4O2/c1-16-8-3-4-11-20(16)25(32)27-17(2)24-29-21-12-5-6-13-22(21)30(24)15-23(31)28-19-10-7-9-18(26)14-19/h3-14,17H,15H2,1-2H3,(H,27,32)(H,28,31). The van der Waals surface area contributed by atoms with Crippen molar-refractivity contribution < 1.29 is 9.59 Å². The van der Waals surface area contributed by atoms with E-state index in [2.05, 4.69) is 10.6 Å². The topological polar surface area (TPSA) is 76.0 Å². The molecule has 0 saturated heterocycles. The van der Waals surface area contributed by atoms with Gasteiger partial charge in [-0.3, -0.25) is 9.59 Å². The molecule has 0 aliphatic carbocycles. The van der Waals surface area contributed by atoms with Crippen LogP contribution in [0.15, 0.2) is 72.8 Å². The van der Waals surface area contributed by atoms with Crippen LogP contribution in [-0.2, 0) is 11.3 Å². The van der Waals surface area contributed by atoms with Crippen LogP contribution in [0.5, 0.6) is 0 Å². The number of nitrogens with zero attached hydrogens (tertiary/aromatic N) is 2. The van der Waals surface area contributed by atoms with Crippen LogP contribution in [0.2, 0.25) is 5.02 Å². The molecule has 6 nitrogen and oxygen atoms in total. The number of rotatable bonds is 6. The molecule has 0 aliphatic heterocycles. The summed E-state index contributed by atoms with van der Waals surface area (Å²) >= 11 is 6.02. The van der Waals surface area contributed by atoms with Crippen molar-refractivity contribution in [3.05, 3.63) is 94.8 Å². The van der Waals surface area contributed by atoms with Crippen molar-refractivity contribution in [3.8, 4) is 0 Å². The largest absolute Gasteiger partial charge is 0.342 e. The summed E-state index contributed by atoms with van der Waals surface area (Å²) in [5.74, 6) is 0.209. The van der Waals surface area contributed by atoms with Gasteiger partial charge in [-0.05, 0) is 55.8 Å². The van der Waals surface area contributed by atoms with Gasteiger partial charge in [-0.1, -0.05) is 48.0 Å². The Kier molecular flexibility index (Phi) is 6.23. The molecule has 0 saturated carbocycles. The zero-order valence-corrected chi connectivity index (χ0v) is 18.6. The predicted octanol–water partition coefficient (Wildman–Crippen LogP) is 5.13. The van der Waals surface area contributed by atoms with Crippen molar-refractivity contribution in [2.24, 2.45) is 0 Å². The van der Waals surface area contributed by atoms with Gasteiger partial charge in [0.15, 0.2) is 0 Å². The molecule has 0 aliphatic rings. The van der Waals surface area contributed by atoms with E-state index in [-0.39, 0.29) is 18.4 Å². The highest BCUT2D eigenvalue weighted by Gasteiger charge is 2.21. The van der Waals surface area contributed by atoms with Crippen LogP contribution in [0.1, 0.15) is 34.7 Å².